The lowest BCUT2D eigenvalue weighted by molar-refractivity contribution is -0.154. The molecule has 0 radical (unpaired) electrons. The lowest BCUT2D eigenvalue weighted by atomic mass is 9.92. The Hall–Kier alpha value is -2.90. The zero-order valence-corrected chi connectivity index (χ0v) is 28.0. The quantitative estimate of drug-likeness (QED) is 0.178. The third-order valence-corrected chi connectivity index (χ3v) is 9.04. The first kappa shape index (κ1) is 37.3. The van der Waals surface area contributed by atoms with Crippen LogP contribution in [0.1, 0.15) is 108 Å². The number of ether oxygens (including phenoxy) is 2. The monoisotopic (exact) mass is 638 g/mol. The van der Waals surface area contributed by atoms with Crippen molar-refractivity contribution in [2.75, 3.05) is 26.9 Å². The Kier molecular flexibility index (Phi) is 15.4. The predicted octanol–water partition coefficient (Wildman–Crippen LogP) is 4.05. The summed E-state index contributed by atoms with van der Waals surface area (Å²) in [5.74, 6) is -2.82. The average molecular weight is 639 g/mol. The second-order valence-corrected chi connectivity index (χ2v) is 12.8. The molecule has 2 heterocycles. The summed E-state index contributed by atoms with van der Waals surface area (Å²) in [6.45, 7) is 11.3. The minimum Gasteiger partial charge on any atom is -0.476 e. The van der Waals surface area contributed by atoms with Crippen LogP contribution in [0.2, 0.25) is 0 Å². The number of nitrogens with zero attached hydrogens (tertiary/aromatic N) is 3. The number of hydrogen-bond donors (Lipinski definition) is 2. The first-order chi connectivity index (χ1) is 20.8. The minimum absolute atomic E-state index is 0.0881. The van der Waals surface area contributed by atoms with Crippen LogP contribution < -0.4 is 5.32 Å². The molecule has 1 aromatic heterocycles. The van der Waals surface area contributed by atoms with Gasteiger partial charge in [-0.3, -0.25) is 24.1 Å². The van der Waals surface area contributed by atoms with E-state index >= 15 is 0 Å². The van der Waals surface area contributed by atoms with E-state index in [2.05, 4.69) is 10.3 Å². The summed E-state index contributed by atoms with van der Waals surface area (Å²) in [7, 11) is 1.91. The van der Waals surface area contributed by atoms with E-state index in [0.717, 1.165) is 30.7 Å². The van der Waals surface area contributed by atoms with Crippen molar-refractivity contribution < 1.29 is 38.6 Å². The van der Waals surface area contributed by atoms with E-state index in [9.17, 15) is 29.1 Å². The maximum absolute atomic E-state index is 14.5. The number of esters is 1. The highest BCUT2D eigenvalue weighted by Gasteiger charge is 2.39. The van der Waals surface area contributed by atoms with Gasteiger partial charge in [0.25, 0.3) is 0 Å². The third-order valence-electron chi connectivity index (χ3n) is 8.11. The molecule has 0 bridgehead atoms. The molecular weight excluding hydrogens is 588 g/mol. The molecule has 248 valence electrons. The lowest BCUT2D eigenvalue weighted by Gasteiger charge is -2.39. The molecule has 2 rings (SSSR count). The summed E-state index contributed by atoms with van der Waals surface area (Å²) in [6, 6.07) is -1.77. The number of amides is 2. The number of piperidine rings is 1. The number of nitrogens with one attached hydrogen (secondary N) is 1. The number of likely N-dealkylation sites (N-methyl/N-ethyl adjacent to an activating group) is 1. The number of hydrogen-bond acceptors (Lipinski definition) is 10. The Labute approximate surface area is 264 Å². The minimum atomic E-state index is -1.20. The number of carbonyl (C=O) groups is 5. The highest BCUT2D eigenvalue weighted by atomic mass is 32.1. The summed E-state index contributed by atoms with van der Waals surface area (Å²) in [4.78, 5) is 71.5. The molecular formula is C31H50N4O8S. The molecule has 1 fully saturated rings. The molecule has 12 nitrogen and oxygen atoms in total. The van der Waals surface area contributed by atoms with Gasteiger partial charge in [-0.15, -0.1) is 11.3 Å². The lowest BCUT2D eigenvalue weighted by Crippen LogP contribution is -2.59. The Morgan fingerprint density at radius 2 is 1.89 bits per heavy atom. The van der Waals surface area contributed by atoms with E-state index in [4.69, 9.17) is 9.47 Å². The molecule has 2 amide bonds. The van der Waals surface area contributed by atoms with Gasteiger partial charge in [-0.2, -0.15) is 0 Å². The Morgan fingerprint density at radius 3 is 2.43 bits per heavy atom. The topological polar surface area (TPSA) is 155 Å². The fourth-order valence-corrected chi connectivity index (χ4v) is 6.19. The first-order valence-electron chi connectivity index (χ1n) is 15.6. The molecule has 44 heavy (non-hydrogen) atoms. The largest absolute Gasteiger partial charge is 0.476 e. The summed E-state index contributed by atoms with van der Waals surface area (Å²) in [6.07, 6.45) is 3.49. The summed E-state index contributed by atoms with van der Waals surface area (Å²) < 4.78 is 11.4. The Bertz CT molecular complexity index is 1130. The molecule has 0 aromatic carbocycles. The number of aromatic carboxylic acids is 1. The molecule has 1 aromatic rings. The van der Waals surface area contributed by atoms with Gasteiger partial charge >= 0.3 is 11.9 Å². The van der Waals surface area contributed by atoms with Crippen LogP contribution in [-0.2, 0) is 28.7 Å². The number of Topliss-reactive ketones (excluding diaryl/α,β-unsaturated/α-hetero) is 1. The Balaban J connectivity index is 2.46. The van der Waals surface area contributed by atoms with Crippen LogP contribution >= 0.6 is 11.3 Å². The second kappa shape index (κ2) is 18.2. The van der Waals surface area contributed by atoms with Crippen LogP contribution in [0, 0.1) is 11.8 Å². The number of carbonyl (C=O) groups excluding carboxylic acids is 4. The standard InChI is InChI=1S/C31H50N4O8S/c1-8-12-22(37)16-42-18-35(30(39)27(20(5)9-2)33-28(38)24-13-10-11-14-34(24)7)25(19(3)4)15-26(43-21(6)36)29-32-23(17-44-29)31(40)41/h17,19-20,24-27H,8-16,18H2,1-7H3,(H,33,38)(H,40,41)/t20-,24?,25+,26+,27-/m0/s1. The zero-order valence-electron chi connectivity index (χ0n) is 27.2. The van der Waals surface area contributed by atoms with Gasteiger partial charge in [0, 0.05) is 31.2 Å². The molecule has 1 unspecified atom stereocenters. The second-order valence-electron chi connectivity index (χ2n) is 12.0. The van der Waals surface area contributed by atoms with Crippen LogP contribution in [0.25, 0.3) is 0 Å². The van der Waals surface area contributed by atoms with Crippen molar-refractivity contribution in [1.82, 2.24) is 20.1 Å². The SMILES string of the molecule is CCCC(=O)COCN(C(=O)[C@@H](NC(=O)C1CCCCN1C)[C@@H](C)CC)[C@H](C[C@@H](OC(C)=O)c1nc(C(=O)O)cs1)C(C)C. The van der Waals surface area contributed by atoms with Crippen molar-refractivity contribution in [2.45, 2.75) is 111 Å². The van der Waals surface area contributed by atoms with Gasteiger partial charge in [-0.05, 0) is 44.7 Å². The van der Waals surface area contributed by atoms with E-state index in [1.54, 1.807) is 0 Å². The number of carboxylic acid groups (broad SMARTS) is 1. The van der Waals surface area contributed by atoms with Crippen molar-refractivity contribution in [3.63, 3.8) is 0 Å². The van der Waals surface area contributed by atoms with Crippen LogP contribution in [0.4, 0.5) is 0 Å². The van der Waals surface area contributed by atoms with Gasteiger partial charge in [0.2, 0.25) is 11.8 Å². The number of thiazole rings is 1. The van der Waals surface area contributed by atoms with Crippen molar-refractivity contribution in [2.24, 2.45) is 11.8 Å². The molecule has 2 N–H and O–H groups in total. The predicted molar refractivity (Wildman–Crippen MR) is 166 cm³/mol. The van der Waals surface area contributed by atoms with Crippen LogP contribution in [-0.4, -0.2) is 94.5 Å². The zero-order chi connectivity index (χ0) is 33.0. The molecule has 1 aliphatic heterocycles. The van der Waals surface area contributed by atoms with Gasteiger partial charge in [0.1, 0.15) is 24.4 Å². The smallest absolute Gasteiger partial charge is 0.355 e. The van der Waals surface area contributed by atoms with Gasteiger partial charge in [0.15, 0.2) is 17.6 Å². The molecule has 5 atom stereocenters. The molecule has 1 saturated heterocycles. The van der Waals surface area contributed by atoms with Gasteiger partial charge in [-0.1, -0.05) is 47.5 Å². The Morgan fingerprint density at radius 1 is 1.18 bits per heavy atom. The normalized spacial score (nSPS) is 18.2. The average Bonchev–Trinajstić information content (AvgIpc) is 3.47. The van der Waals surface area contributed by atoms with Crippen LogP contribution in [0.3, 0.4) is 0 Å². The number of rotatable bonds is 18. The van der Waals surface area contributed by atoms with Crippen molar-refractivity contribution in [3.8, 4) is 0 Å². The number of carboxylic acids is 1. The maximum atomic E-state index is 14.5. The summed E-state index contributed by atoms with van der Waals surface area (Å²) in [5.41, 5.74) is -0.166. The highest BCUT2D eigenvalue weighted by molar-refractivity contribution is 7.09. The maximum Gasteiger partial charge on any atom is 0.355 e. The van der Waals surface area contributed by atoms with Crippen LogP contribution in [0.15, 0.2) is 5.38 Å². The number of aromatic nitrogens is 1. The van der Waals surface area contributed by atoms with E-state index in [0.29, 0.717) is 30.7 Å². The molecule has 13 heteroatoms. The molecule has 0 spiro atoms. The van der Waals surface area contributed by atoms with E-state index in [1.807, 2.05) is 46.6 Å². The van der Waals surface area contributed by atoms with E-state index in [-0.39, 0.29) is 60.9 Å². The third kappa shape index (κ3) is 10.9. The fourth-order valence-electron chi connectivity index (χ4n) is 5.36. The summed E-state index contributed by atoms with van der Waals surface area (Å²) >= 11 is 1.06. The van der Waals surface area contributed by atoms with Gasteiger partial charge in [0.05, 0.1) is 6.04 Å². The molecule has 0 saturated carbocycles. The molecule has 1 aliphatic rings. The number of likely N-dealkylation sites (tertiary alicyclic amines) is 1. The highest BCUT2D eigenvalue weighted by Crippen LogP contribution is 2.31. The first-order valence-corrected chi connectivity index (χ1v) is 16.4. The van der Waals surface area contributed by atoms with E-state index < -0.39 is 30.1 Å². The number of ketones is 1. The van der Waals surface area contributed by atoms with Gasteiger partial charge in [-0.25, -0.2) is 9.78 Å². The van der Waals surface area contributed by atoms with Crippen LogP contribution in [0.5, 0.6) is 0 Å². The van der Waals surface area contributed by atoms with Gasteiger partial charge < -0.3 is 24.8 Å². The van der Waals surface area contributed by atoms with E-state index in [1.165, 1.54) is 17.2 Å². The molecule has 0 aliphatic carbocycles. The van der Waals surface area contributed by atoms with Crippen molar-refractivity contribution >= 4 is 40.9 Å². The summed E-state index contributed by atoms with van der Waals surface area (Å²) in [5, 5.41) is 14.1. The fraction of sp³-hybridized carbons (Fsp3) is 0.742. The van der Waals surface area contributed by atoms with Crippen molar-refractivity contribution in [3.05, 3.63) is 16.1 Å². The van der Waals surface area contributed by atoms with Crippen molar-refractivity contribution in [1.29, 1.82) is 0 Å².